The smallest absolute Gasteiger partial charge is 0.243 e. The summed E-state index contributed by atoms with van der Waals surface area (Å²) in [6.45, 7) is 2.42. The molecule has 2 aliphatic rings. The van der Waals surface area contributed by atoms with Gasteiger partial charge in [0.05, 0.1) is 10.8 Å². The zero-order valence-electron chi connectivity index (χ0n) is 17.0. The van der Waals surface area contributed by atoms with Gasteiger partial charge in [0, 0.05) is 19.5 Å². The highest BCUT2D eigenvalue weighted by Crippen LogP contribution is 2.28. The minimum Gasteiger partial charge on any atom is -0.273 e. The molecule has 1 heterocycles. The average molecular weight is 422 g/mol. The van der Waals surface area contributed by atoms with Crippen LogP contribution in [0.1, 0.15) is 56.9 Å². The monoisotopic (exact) mass is 421 g/mol. The molecule has 7 nitrogen and oxygen atoms in total. The first-order chi connectivity index (χ1) is 13.9. The van der Waals surface area contributed by atoms with Gasteiger partial charge >= 0.3 is 0 Å². The van der Waals surface area contributed by atoms with Crippen molar-refractivity contribution in [3.63, 3.8) is 0 Å². The van der Waals surface area contributed by atoms with Gasteiger partial charge in [0.25, 0.3) is 0 Å². The number of piperidine rings is 1. The van der Waals surface area contributed by atoms with E-state index in [0.29, 0.717) is 31.7 Å². The van der Waals surface area contributed by atoms with Crippen LogP contribution in [-0.4, -0.2) is 37.6 Å². The van der Waals surface area contributed by atoms with Gasteiger partial charge in [-0.15, -0.1) is 0 Å². The number of carbonyl (C=O) groups is 2. The zero-order chi connectivity index (χ0) is 20.9. The Balaban J connectivity index is 1.49. The molecule has 2 amide bonds. The highest BCUT2D eigenvalue weighted by Gasteiger charge is 2.33. The van der Waals surface area contributed by atoms with Gasteiger partial charge in [-0.1, -0.05) is 43.4 Å². The topological polar surface area (TPSA) is 95.6 Å². The number of nitrogens with one attached hydrogen (secondary N) is 2. The van der Waals surface area contributed by atoms with Crippen LogP contribution in [0, 0.1) is 18.8 Å². The molecule has 160 valence electrons. The number of sulfonamides is 1. The molecule has 0 spiro atoms. The van der Waals surface area contributed by atoms with E-state index in [4.69, 9.17) is 0 Å². The minimum absolute atomic E-state index is 0.125. The highest BCUT2D eigenvalue weighted by molar-refractivity contribution is 7.89. The largest absolute Gasteiger partial charge is 0.273 e. The molecule has 1 saturated carbocycles. The van der Waals surface area contributed by atoms with Gasteiger partial charge in [-0.05, 0) is 44.2 Å². The van der Waals surface area contributed by atoms with Crippen molar-refractivity contribution in [2.24, 2.45) is 11.8 Å². The van der Waals surface area contributed by atoms with Crippen molar-refractivity contribution in [3.05, 3.63) is 29.8 Å². The summed E-state index contributed by atoms with van der Waals surface area (Å²) in [5.74, 6) is -0.373. The van der Waals surface area contributed by atoms with Crippen LogP contribution in [0.15, 0.2) is 29.2 Å². The number of aryl methyl sites for hydroxylation is 1. The van der Waals surface area contributed by atoms with Gasteiger partial charge < -0.3 is 0 Å². The molecule has 1 aromatic carbocycles. The van der Waals surface area contributed by atoms with Gasteiger partial charge in [0.1, 0.15) is 0 Å². The lowest BCUT2D eigenvalue weighted by atomic mass is 9.99. The first-order valence-electron chi connectivity index (χ1n) is 10.5. The Bertz CT molecular complexity index is 817. The summed E-state index contributed by atoms with van der Waals surface area (Å²) in [5.41, 5.74) is 5.96. The third-order valence-corrected chi connectivity index (χ3v) is 7.87. The molecule has 2 fully saturated rings. The molecule has 0 radical (unpaired) electrons. The van der Waals surface area contributed by atoms with E-state index >= 15 is 0 Å². The number of benzene rings is 1. The lowest BCUT2D eigenvalue weighted by Crippen LogP contribution is -2.50. The Morgan fingerprint density at radius 1 is 1.03 bits per heavy atom. The van der Waals surface area contributed by atoms with Crippen molar-refractivity contribution in [1.29, 1.82) is 0 Å². The molecule has 0 unspecified atom stereocenters. The molecule has 1 aliphatic carbocycles. The molecule has 1 aliphatic heterocycles. The fraction of sp³-hybridized carbons (Fsp3) is 0.619. The first-order valence-corrected chi connectivity index (χ1v) is 12.0. The Labute approximate surface area is 173 Å². The van der Waals surface area contributed by atoms with Crippen molar-refractivity contribution < 1.29 is 18.0 Å². The summed E-state index contributed by atoms with van der Waals surface area (Å²) in [6.07, 6.45) is 7.33. The molecule has 29 heavy (non-hydrogen) atoms. The van der Waals surface area contributed by atoms with Crippen molar-refractivity contribution in [2.75, 3.05) is 13.1 Å². The van der Waals surface area contributed by atoms with E-state index in [0.717, 1.165) is 12.0 Å². The van der Waals surface area contributed by atoms with E-state index in [1.807, 2.05) is 6.92 Å². The molecule has 2 N–H and O–H groups in total. The Kier molecular flexibility index (Phi) is 7.29. The van der Waals surface area contributed by atoms with E-state index in [1.165, 1.54) is 30.0 Å². The number of rotatable bonds is 6. The van der Waals surface area contributed by atoms with Gasteiger partial charge in [-0.3, -0.25) is 20.4 Å². The van der Waals surface area contributed by atoms with E-state index in [1.54, 1.807) is 24.3 Å². The Morgan fingerprint density at radius 2 is 1.72 bits per heavy atom. The van der Waals surface area contributed by atoms with Crippen LogP contribution in [0.25, 0.3) is 0 Å². The van der Waals surface area contributed by atoms with Crippen LogP contribution in [0.5, 0.6) is 0 Å². The quantitative estimate of drug-likeness (QED) is 0.690. The highest BCUT2D eigenvalue weighted by atomic mass is 32.2. The number of hydrogen-bond donors (Lipinski definition) is 2. The van der Waals surface area contributed by atoms with E-state index in [-0.39, 0.29) is 23.3 Å². The van der Waals surface area contributed by atoms with Crippen LogP contribution in [0.4, 0.5) is 0 Å². The molecule has 3 rings (SSSR count). The zero-order valence-corrected chi connectivity index (χ0v) is 17.8. The summed E-state index contributed by atoms with van der Waals surface area (Å²) in [4.78, 5) is 24.7. The molecule has 0 bridgehead atoms. The van der Waals surface area contributed by atoms with Crippen LogP contribution < -0.4 is 10.9 Å². The molecule has 1 saturated heterocycles. The van der Waals surface area contributed by atoms with Crippen LogP contribution in [0.3, 0.4) is 0 Å². The predicted octanol–water partition coefficient (Wildman–Crippen LogP) is 2.51. The molecule has 1 atom stereocenters. The second kappa shape index (κ2) is 9.71. The summed E-state index contributed by atoms with van der Waals surface area (Å²) in [5, 5.41) is 0. The second-order valence-electron chi connectivity index (χ2n) is 8.24. The fourth-order valence-electron chi connectivity index (χ4n) is 4.16. The third kappa shape index (κ3) is 5.79. The summed E-state index contributed by atoms with van der Waals surface area (Å²) < 4.78 is 27.1. The fourth-order valence-corrected chi connectivity index (χ4v) is 5.69. The molecular formula is C21H31N3O4S. The maximum Gasteiger partial charge on any atom is 0.243 e. The number of amides is 2. The Hall–Kier alpha value is -1.93. The maximum absolute atomic E-state index is 12.9. The second-order valence-corrected chi connectivity index (χ2v) is 10.2. The van der Waals surface area contributed by atoms with Gasteiger partial charge in [-0.2, -0.15) is 4.31 Å². The van der Waals surface area contributed by atoms with Crippen LogP contribution in [0.2, 0.25) is 0 Å². The number of carbonyl (C=O) groups excluding carboxylic acids is 2. The standard InChI is InChI=1S/C21H31N3O4S/c1-16-8-11-19(12-9-16)29(27,28)24-14-4-7-18(15-24)21(26)23-22-20(25)13-10-17-5-2-3-6-17/h8-9,11-12,17-18H,2-7,10,13-15H2,1H3,(H,22,25)(H,23,26)/t18-/m0/s1. The molecule has 1 aromatic rings. The van der Waals surface area contributed by atoms with Crippen molar-refractivity contribution in [3.8, 4) is 0 Å². The van der Waals surface area contributed by atoms with E-state index in [9.17, 15) is 18.0 Å². The Morgan fingerprint density at radius 3 is 2.41 bits per heavy atom. The molecule has 8 heteroatoms. The summed E-state index contributed by atoms with van der Waals surface area (Å²) >= 11 is 0. The van der Waals surface area contributed by atoms with E-state index < -0.39 is 15.9 Å². The van der Waals surface area contributed by atoms with Gasteiger partial charge in [0.15, 0.2) is 0 Å². The lowest BCUT2D eigenvalue weighted by Gasteiger charge is -2.31. The lowest BCUT2D eigenvalue weighted by molar-refractivity contribution is -0.132. The van der Waals surface area contributed by atoms with Crippen molar-refractivity contribution >= 4 is 21.8 Å². The molecular weight excluding hydrogens is 390 g/mol. The van der Waals surface area contributed by atoms with Gasteiger partial charge in [0.2, 0.25) is 21.8 Å². The SMILES string of the molecule is Cc1ccc(S(=O)(=O)N2CCC[C@H](C(=O)NNC(=O)CCC3CCCC3)C2)cc1. The van der Waals surface area contributed by atoms with E-state index in [2.05, 4.69) is 10.9 Å². The van der Waals surface area contributed by atoms with Crippen molar-refractivity contribution in [2.45, 2.75) is 63.2 Å². The summed E-state index contributed by atoms with van der Waals surface area (Å²) in [7, 11) is -3.63. The van der Waals surface area contributed by atoms with Crippen LogP contribution >= 0.6 is 0 Å². The minimum atomic E-state index is -3.63. The molecule has 0 aromatic heterocycles. The number of hydrogen-bond acceptors (Lipinski definition) is 4. The summed E-state index contributed by atoms with van der Waals surface area (Å²) in [6, 6.07) is 6.72. The van der Waals surface area contributed by atoms with Crippen LogP contribution in [-0.2, 0) is 19.6 Å². The third-order valence-electron chi connectivity index (χ3n) is 5.99. The maximum atomic E-state index is 12.9. The number of hydrazine groups is 1. The normalized spacial score (nSPS) is 21.1. The van der Waals surface area contributed by atoms with Gasteiger partial charge in [-0.25, -0.2) is 8.42 Å². The average Bonchev–Trinajstić information content (AvgIpc) is 3.24. The number of nitrogens with zero attached hydrogens (tertiary/aromatic N) is 1. The predicted molar refractivity (Wildman–Crippen MR) is 110 cm³/mol. The van der Waals surface area contributed by atoms with Crippen molar-refractivity contribution in [1.82, 2.24) is 15.2 Å². The first kappa shape index (κ1) is 21.8.